The number of hydrogen-bond acceptors (Lipinski definition) is 0. The minimum Gasteiger partial charge on any atom is -0.207 e. The van der Waals surface area contributed by atoms with Crippen LogP contribution in [0.1, 0.15) is 80.0 Å². The van der Waals surface area contributed by atoms with E-state index in [0.717, 1.165) is 36.0 Å². The van der Waals surface area contributed by atoms with Crippen molar-refractivity contribution < 1.29 is 13.2 Å². The average molecular weight is 396 g/mol. The molecule has 0 spiro atoms. The van der Waals surface area contributed by atoms with Gasteiger partial charge in [-0.05, 0) is 60.6 Å². The first-order chi connectivity index (χ1) is 14.0. The number of unbranched alkanes of at least 4 members (excludes halogenated alkanes) is 2. The van der Waals surface area contributed by atoms with Gasteiger partial charge in [-0.25, -0.2) is 13.2 Å². The highest BCUT2D eigenvalue weighted by Gasteiger charge is 2.35. The Labute approximate surface area is 171 Å². The molecule has 2 aromatic carbocycles. The Hall–Kier alpha value is -2.47. The second-order valence-corrected chi connectivity index (χ2v) is 7.79. The Morgan fingerprint density at radius 1 is 1.03 bits per heavy atom. The monoisotopic (exact) mass is 396 g/mol. The number of rotatable bonds is 5. The van der Waals surface area contributed by atoms with Gasteiger partial charge in [-0.15, -0.1) is 0 Å². The summed E-state index contributed by atoms with van der Waals surface area (Å²) in [6, 6.07) is 12.8. The summed E-state index contributed by atoms with van der Waals surface area (Å²) in [7, 11) is 0. The van der Waals surface area contributed by atoms with Crippen LogP contribution in [-0.2, 0) is 0 Å². The SMILES string of the molecule is CCCC/C=C/c1ccc(C#Cc2ccc(C3CCC(F)(F)CC3)cc2)c(F)c1. The first kappa shape index (κ1) is 21.2. The van der Waals surface area contributed by atoms with Crippen molar-refractivity contribution in [2.24, 2.45) is 0 Å². The summed E-state index contributed by atoms with van der Waals surface area (Å²) in [5.74, 6) is 3.25. The molecule has 0 aromatic heterocycles. The van der Waals surface area contributed by atoms with E-state index < -0.39 is 5.92 Å². The normalized spacial score (nSPS) is 16.6. The fourth-order valence-electron chi connectivity index (χ4n) is 3.63. The van der Waals surface area contributed by atoms with Gasteiger partial charge in [0.15, 0.2) is 0 Å². The molecule has 3 rings (SSSR count). The third-order valence-corrected chi connectivity index (χ3v) is 5.47. The molecule has 0 unspecified atom stereocenters. The van der Waals surface area contributed by atoms with Gasteiger partial charge < -0.3 is 0 Å². The van der Waals surface area contributed by atoms with E-state index in [1.807, 2.05) is 36.4 Å². The summed E-state index contributed by atoms with van der Waals surface area (Å²) in [4.78, 5) is 0. The third kappa shape index (κ3) is 6.26. The van der Waals surface area contributed by atoms with Gasteiger partial charge in [-0.3, -0.25) is 0 Å². The van der Waals surface area contributed by atoms with Crippen LogP contribution in [0, 0.1) is 17.7 Å². The number of allylic oxidation sites excluding steroid dienone is 1. The van der Waals surface area contributed by atoms with Gasteiger partial charge in [0.1, 0.15) is 5.82 Å². The molecule has 2 aromatic rings. The summed E-state index contributed by atoms with van der Waals surface area (Å²) in [6.07, 6.45) is 8.24. The fraction of sp³-hybridized carbons (Fsp3) is 0.385. The second kappa shape index (κ2) is 9.83. The molecule has 0 aliphatic heterocycles. The van der Waals surface area contributed by atoms with Crippen molar-refractivity contribution in [3.05, 3.63) is 76.6 Å². The predicted octanol–water partition coefficient (Wildman–Crippen LogP) is 7.72. The molecule has 1 fully saturated rings. The van der Waals surface area contributed by atoms with Crippen LogP contribution in [0.25, 0.3) is 6.08 Å². The minimum atomic E-state index is -2.51. The van der Waals surface area contributed by atoms with Crippen molar-refractivity contribution in [2.45, 2.75) is 63.7 Å². The predicted molar refractivity (Wildman–Crippen MR) is 114 cm³/mol. The van der Waals surface area contributed by atoms with Crippen LogP contribution in [-0.4, -0.2) is 5.92 Å². The molecule has 0 atom stereocenters. The van der Waals surface area contributed by atoms with Gasteiger partial charge in [-0.1, -0.05) is 62.0 Å². The first-order valence-corrected chi connectivity index (χ1v) is 10.4. The van der Waals surface area contributed by atoms with Crippen molar-refractivity contribution in [3.8, 4) is 11.8 Å². The highest BCUT2D eigenvalue weighted by atomic mass is 19.3. The number of benzene rings is 2. The lowest BCUT2D eigenvalue weighted by Crippen LogP contribution is -2.23. The molecule has 0 saturated heterocycles. The zero-order chi connectivity index (χ0) is 20.7. The second-order valence-electron chi connectivity index (χ2n) is 7.79. The van der Waals surface area contributed by atoms with Gasteiger partial charge in [0, 0.05) is 18.4 Å². The Bertz CT molecular complexity index is 888. The molecule has 0 heterocycles. The van der Waals surface area contributed by atoms with E-state index in [1.165, 1.54) is 6.07 Å². The molecule has 0 amide bonds. The van der Waals surface area contributed by atoms with Crippen molar-refractivity contribution in [2.75, 3.05) is 0 Å². The number of hydrogen-bond donors (Lipinski definition) is 0. The van der Waals surface area contributed by atoms with E-state index in [1.54, 1.807) is 6.07 Å². The van der Waals surface area contributed by atoms with Gasteiger partial charge in [0.05, 0.1) is 5.56 Å². The molecule has 0 nitrogen and oxygen atoms in total. The van der Waals surface area contributed by atoms with Crippen LogP contribution in [0.4, 0.5) is 13.2 Å². The standard InChI is InChI=1S/C26H27F3/c1-2-3-4-5-6-21-10-14-24(25(27)19-21)13-9-20-7-11-22(12-8-20)23-15-17-26(28,29)18-16-23/h5-8,10-12,14,19,23H,2-4,15-18H2,1H3/b6-5+. The minimum absolute atomic E-state index is 0.0394. The average Bonchev–Trinajstić information content (AvgIpc) is 2.71. The Kier molecular flexibility index (Phi) is 7.20. The molecular formula is C26H27F3. The zero-order valence-electron chi connectivity index (χ0n) is 16.9. The van der Waals surface area contributed by atoms with Crippen molar-refractivity contribution in [1.82, 2.24) is 0 Å². The maximum atomic E-state index is 14.3. The summed E-state index contributed by atoms with van der Waals surface area (Å²) >= 11 is 0. The van der Waals surface area contributed by atoms with Crippen LogP contribution < -0.4 is 0 Å². The summed E-state index contributed by atoms with van der Waals surface area (Å²) in [6.45, 7) is 2.14. The smallest absolute Gasteiger partial charge is 0.207 e. The molecule has 0 N–H and O–H groups in total. The molecule has 0 radical (unpaired) electrons. The van der Waals surface area contributed by atoms with Crippen LogP contribution in [0.3, 0.4) is 0 Å². The van der Waals surface area contributed by atoms with E-state index in [-0.39, 0.29) is 24.6 Å². The first-order valence-electron chi connectivity index (χ1n) is 10.4. The Balaban J connectivity index is 1.63. The fourth-order valence-corrected chi connectivity index (χ4v) is 3.63. The topological polar surface area (TPSA) is 0 Å². The molecule has 29 heavy (non-hydrogen) atoms. The van der Waals surface area contributed by atoms with Crippen molar-refractivity contribution >= 4 is 6.08 Å². The van der Waals surface area contributed by atoms with Crippen LogP contribution >= 0.6 is 0 Å². The highest BCUT2D eigenvalue weighted by Crippen LogP contribution is 2.40. The Morgan fingerprint density at radius 2 is 1.76 bits per heavy atom. The number of halogens is 3. The van der Waals surface area contributed by atoms with E-state index in [2.05, 4.69) is 24.8 Å². The lowest BCUT2D eigenvalue weighted by Gasteiger charge is -2.28. The van der Waals surface area contributed by atoms with Gasteiger partial charge in [0.25, 0.3) is 0 Å². The Morgan fingerprint density at radius 3 is 2.41 bits per heavy atom. The van der Waals surface area contributed by atoms with E-state index in [0.29, 0.717) is 18.4 Å². The summed E-state index contributed by atoms with van der Waals surface area (Å²) in [5, 5.41) is 0. The molecular weight excluding hydrogens is 369 g/mol. The quantitative estimate of drug-likeness (QED) is 0.358. The van der Waals surface area contributed by atoms with E-state index in [4.69, 9.17) is 0 Å². The van der Waals surface area contributed by atoms with E-state index >= 15 is 0 Å². The van der Waals surface area contributed by atoms with Gasteiger partial charge >= 0.3 is 0 Å². The van der Waals surface area contributed by atoms with Crippen LogP contribution in [0.15, 0.2) is 48.5 Å². The van der Waals surface area contributed by atoms with E-state index in [9.17, 15) is 13.2 Å². The molecule has 0 bridgehead atoms. The lowest BCUT2D eigenvalue weighted by molar-refractivity contribution is -0.0382. The van der Waals surface area contributed by atoms with Gasteiger partial charge in [-0.2, -0.15) is 0 Å². The maximum absolute atomic E-state index is 14.3. The highest BCUT2D eigenvalue weighted by molar-refractivity contribution is 5.53. The molecule has 1 saturated carbocycles. The molecule has 3 heteroatoms. The maximum Gasteiger partial charge on any atom is 0.248 e. The van der Waals surface area contributed by atoms with Crippen molar-refractivity contribution in [1.29, 1.82) is 0 Å². The van der Waals surface area contributed by atoms with Gasteiger partial charge in [0.2, 0.25) is 5.92 Å². The summed E-state index contributed by atoms with van der Waals surface area (Å²) in [5.41, 5.74) is 3.08. The molecule has 152 valence electrons. The van der Waals surface area contributed by atoms with Crippen molar-refractivity contribution in [3.63, 3.8) is 0 Å². The largest absolute Gasteiger partial charge is 0.248 e. The lowest BCUT2D eigenvalue weighted by atomic mass is 9.82. The third-order valence-electron chi connectivity index (χ3n) is 5.47. The summed E-state index contributed by atoms with van der Waals surface area (Å²) < 4.78 is 40.9. The molecule has 1 aliphatic carbocycles. The van der Waals surface area contributed by atoms with Crippen LogP contribution in [0.5, 0.6) is 0 Å². The molecule has 1 aliphatic rings. The zero-order valence-corrected chi connectivity index (χ0v) is 16.9. The number of alkyl halides is 2. The van der Waals surface area contributed by atoms with Crippen LogP contribution in [0.2, 0.25) is 0 Å².